The minimum absolute atomic E-state index is 0.147. The van der Waals surface area contributed by atoms with Crippen LogP contribution in [-0.4, -0.2) is 34.8 Å². The van der Waals surface area contributed by atoms with Gasteiger partial charge in [0.2, 0.25) is 0 Å². The van der Waals surface area contributed by atoms with E-state index in [2.05, 4.69) is 5.16 Å². The van der Waals surface area contributed by atoms with Crippen LogP contribution in [0.4, 0.5) is 0 Å². The lowest BCUT2D eigenvalue weighted by molar-refractivity contribution is -0.124. The number of piperidine rings is 1. The number of rotatable bonds is 4. The van der Waals surface area contributed by atoms with E-state index in [-0.39, 0.29) is 11.7 Å². The van der Waals surface area contributed by atoms with E-state index in [9.17, 15) is 9.59 Å². The predicted octanol–water partition coefficient (Wildman–Crippen LogP) is 4.17. The Bertz CT molecular complexity index is 939. The molecule has 27 heavy (non-hydrogen) atoms. The van der Waals surface area contributed by atoms with E-state index in [1.54, 1.807) is 29.2 Å². The maximum atomic E-state index is 12.8. The third-order valence-electron chi connectivity index (χ3n) is 5.40. The quantitative estimate of drug-likeness (QED) is 0.682. The molecule has 3 aromatic rings. The molecular weight excluding hydrogens is 360 g/mol. The van der Waals surface area contributed by atoms with Crippen LogP contribution >= 0.6 is 11.3 Å². The lowest BCUT2D eigenvalue weighted by atomic mass is 9.70. The number of ketones is 1. The van der Waals surface area contributed by atoms with Crippen molar-refractivity contribution in [3.8, 4) is 10.6 Å². The van der Waals surface area contributed by atoms with E-state index in [1.165, 1.54) is 0 Å². The molecular formula is C21H20N2O3S. The maximum absolute atomic E-state index is 12.8. The zero-order valence-electron chi connectivity index (χ0n) is 15.1. The van der Waals surface area contributed by atoms with Gasteiger partial charge < -0.3 is 9.42 Å². The summed E-state index contributed by atoms with van der Waals surface area (Å²) in [6.07, 6.45) is 1.24. The first kappa shape index (κ1) is 17.7. The van der Waals surface area contributed by atoms with Crippen molar-refractivity contribution in [3.05, 3.63) is 65.2 Å². The number of amides is 1. The number of nitrogens with zero attached hydrogens (tertiary/aromatic N) is 2. The number of benzene rings is 1. The Hall–Kier alpha value is -2.73. The first-order valence-corrected chi connectivity index (χ1v) is 9.84. The predicted molar refractivity (Wildman–Crippen MR) is 104 cm³/mol. The van der Waals surface area contributed by atoms with Crippen LogP contribution in [0.5, 0.6) is 0 Å². The lowest BCUT2D eigenvalue weighted by Crippen LogP contribution is -2.48. The van der Waals surface area contributed by atoms with Crippen LogP contribution in [-0.2, 0) is 10.2 Å². The highest BCUT2D eigenvalue weighted by molar-refractivity contribution is 7.13. The second kappa shape index (κ2) is 7.12. The second-order valence-corrected chi connectivity index (χ2v) is 7.80. The molecule has 6 heteroatoms. The summed E-state index contributed by atoms with van der Waals surface area (Å²) in [6.45, 7) is 2.69. The number of hydrogen-bond donors (Lipinski definition) is 0. The molecule has 1 saturated heterocycles. The average molecular weight is 380 g/mol. The molecule has 1 aromatic carbocycles. The Morgan fingerprint density at radius 3 is 2.48 bits per heavy atom. The summed E-state index contributed by atoms with van der Waals surface area (Å²) < 4.78 is 5.33. The summed E-state index contributed by atoms with van der Waals surface area (Å²) in [5, 5.41) is 5.90. The average Bonchev–Trinajstić information content (AvgIpc) is 3.39. The monoisotopic (exact) mass is 380 g/mol. The van der Waals surface area contributed by atoms with E-state index >= 15 is 0 Å². The number of carbonyl (C=O) groups excluding carboxylic acids is 2. The molecule has 0 atom stereocenters. The fourth-order valence-corrected chi connectivity index (χ4v) is 4.44. The number of carbonyl (C=O) groups is 2. The van der Waals surface area contributed by atoms with E-state index in [1.807, 2.05) is 47.8 Å². The molecule has 5 nitrogen and oxygen atoms in total. The van der Waals surface area contributed by atoms with Crippen molar-refractivity contribution in [1.29, 1.82) is 0 Å². The standard InChI is InChI=1S/C21H20N2O3S/c1-15(24)21(16-6-3-2-4-7-16)9-11-23(12-10-21)20(25)17-14-18(26-22-17)19-8-5-13-27-19/h2-8,13-14H,9-12H2,1H3. The maximum Gasteiger partial charge on any atom is 0.276 e. The molecule has 0 bridgehead atoms. The third-order valence-corrected chi connectivity index (χ3v) is 6.28. The minimum Gasteiger partial charge on any atom is -0.355 e. The first-order valence-electron chi connectivity index (χ1n) is 8.96. The van der Waals surface area contributed by atoms with Gasteiger partial charge in [-0.3, -0.25) is 9.59 Å². The zero-order valence-corrected chi connectivity index (χ0v) is 15.9. The van der Waals surface area contributed by atoms with Gasteiger partial charge in [-0.05, 0) is 36.8 Å². The first-order chi connectivity index (χ1) is 13.1. The molecule has 4 rings (SSSR count). The van der Waals surface area contributed by atoms with Crippen molar-refractivity contribution < 1.29 is 14.1 Å². The summed E-state index contributed by atoms with van der Waals surface area (Å²) in [5.74, 6) is 0.613. The molecule has 0 unspecified atom stereocenters. The molecule has 0 radical (unpaired) electrons. The zero-order chi connectivity index (χ0) is 18.9. The van der Waals surface area contributed by atoms with E-state index in [0.29, 0.717) is 37.4 Å². The van der Waals surface area contributed by atoms with Crippen molar-refractivity contribution in [2.75, 3.05) is 13.1 Å². The van der Waals surface area contributed by atoms with Crippen LogP contribution in [0.1, 0.15) is 35.8 Å². The van der Waals surface area contributed by atoms with Crippen LogP contribution in [0.2, 0.25) is 0 Å². The Morgan fingerprint density at radius 1 is 1.11 bits per heavy atom. The number of likely N-dealkylation sites (tertiary alicyclic amines) is 1. The molecule has 138 valence electrons. The molecule has 0 spiro atoms. The number of aromatic nitrogens is 1. The van der Waals surface area contributed by atoms with Crippen molar-refractivity contribution in [2.45, 2.75) is 25.2 Å². The van der Waals surface area contributed by atoms with Gasteiger partial charge in [0.25, 0.3) is 5.91 Å². The third kappa shape index (κ3) is 3.21. The van der Waals surface area contributed by atoms with Crippen LogP contribution in [0.3, 0.4) is 0 Å². The SMILES string of the molecule is CC(=O)C1(c2ccccc2)CCN(C(=O)c2cc(-c3cccs3)on2)CC1. The summed E-state index contributed by atoms with van der Waals surface area (Å²) in [5.41, 5.74) is 0.837. The molecule has 0 N–H and O–H groups in total. The van der Waals surface area contributed by atoms with Gasteiger partial charge in [-0.1, -0.05) is 41.6 Å². The Kier molecular flexibility index (Phi) is 4.66. The lowest BCUT2D eigenvalue weighted by Gasteiger charge is -2.40. The van der Waals surface area contributed by atoms with E-state index in [0.717, 1.165) is 10.4 Å². The van der Waals surface area contributed by atoms with Gasteiger partial charge >= 0.3 is 0 Å². The Labute approximate surface area is 161 Å². The highest BCUT2D eigenvalue weighted by atomic mass is 32.1. The summed E-state index contributed by atoms with van der Waals surface area (Å²) in [6, 6.07) is 15.4. The fraction of sp³-hybridized carbons (Fsp3) is 0.286. The van der Waals surface area contributed by atoms with E-state index in [4.69, 9.17) is 4.52 Å². The largest absolute Gasteiger partial charge is 0.355 e. The van der Waals surface area contributed by atoms with Crippen LogP contribution in [0.25, 0.3) is 10.6 Å². The van der Waals surface area contributed by atoms with Crippen molar-refractivity contribution in [1.82, 2.24) is 10.1 Å². The number of hydrogen-bond acceptors (Lipinski definition) is 5. The van der Waals surface area contributed by atoms with Gasteiger partial charge in [-0.25, -0.2) is 0 Å². The Morgan fingerprint density at radius 2 is 1.85 bits per heavy atom. The normalized spacial score (nSPS) is 16.3. The second-order valence-electron chi connectivity index (χ2n) is 6.85. The van der Waals surface area contributed by atoms with Crippen molar-refractivity contribution in [2.24, 2.45) is 0 Å². The van der Waals surface area contributed by atoms with Gasteiger partial charge in [-0.15, -0.1) is 11.3 Å². The van der Waals surface area contributed by atoms with Gasteiger partial charge in [0.15, 0.2) is 11.5 Å². The minimum atomic E-state index is -0.510. The number of Topliss-reactive ketones (excluding diaryl/α,β-unsaturated/α-hetero) is 1. The Balaban J connectivity index is 1.50. The van der Waals surface area contributed by atoms with Gasteiger partial charge in [0.1, 0.15) is 5.78 Å². The summed E-state index contributed by atoms with van der Waals surface area (Å²) >= 11 is 1.54. The van der Waals surface area contributed by atoms with Crippen molar-refractivity contribution in [3.63, 3.8) is 0 Å². The van der Waals surface area contributed by atoms with Gasteiger partial charge in [-0.2, -0.15) is 0 Å². The van der Waals surface area contributed by atoms with Gasteiger partial charge in [0.05, 0.1) is 10.3 Å². The highest BCUT2D eigenvalue weighted by Gasteiger charge is 2.41. The highest BCUT2D eigenvalue weighted by Crippen LogP contribution is 2.37. The van der Waals surface area contributed by atoms with E-state index < -0.39 is 5.41 Å². The molecule has 3 heterocycles. The smallest absolute Gasteiger partial charge is 0.276 e. The van der Waals surface area contributed by atoms with Crippen LogP contribution in [0.15, 0.2) is 58.4 Å². The van der Waals surface area contributed by atoms with Crippen LogP contribution in [0, 0.1) is 0 Å². The molecule has 0 aliphatic carbocycles. The van der Waals surface area contributed by atoms with Gasteiger partial charge in [0, 0.05) is 19.2 Å². The molecule has 1 aliphatic rings. The molecule has 1 aliphatic heterocycles. The molecule has 1 amide bonds. The fourth-order valence-electron chi connectivity index (χ4n) is 3.77. The topological polar surface area (TPSA) is 63.4 Å². The number of thiophene rings is 1. The summed E-state index contributed by atoms with van der Waals surface area (Å²) in [4.78, 5) is 28.0. The van der Waals surface area contributed by atoms with Crippen LogP contribution < -0.4 is 0 Å². The molecule has 1 fully saturated rings. The molecule has 2 aromatic heterocycles. The summed E-state index contributed by atoms with van der Waals surface area (Å²) in [7, 11) is 0. The molecule has 0 saturated carbocycles. The van der Waals surface area contributed by atoms with Crippen molar-refractivity contribution >= 4 is 23.0 Å².